The molecule has 0 aliphatic rings. The molecule has 1 aromatic heterocycles. The first-order chi connectivity index (χ1) is 9.58. The van der Waals surface area contributed by atoms with Gasteiger partial charge in [-0.05, 0) is 54.6 Å². The van der Waals surface area contributed by atoms with Crippen LogP contribution in [0.2, 0.25) is 0 Å². The van der Waals surface area contributed by atoms with E-state index in [0.29, 0.717) is 18.8 Å². The first kappa shape index (κ1) is 15.6. The summed E-state index contributed by atoms with van der Waals surface area (Å²) in [4.78, 5) is 16.7. The molecular weight excluding hydrogens is 389 g/mol. The Morgan fingerprint density at radius 3 is 2.95 bits per heavy atom. The van der Waals surface area contributed by atoms with E-state index in [1.807, 2.05) is 36.6 Å². The van der Waals surface area contributed by atoms with Crippen molar-refractivity contribution in [2.45, 2.75) is 26.3 Å². The smallest absolute Gasteiger partial charge is 0.242 e. The largest absolute Gasteiger partial charge is 0.355 e. The normalized spacial score (nSPS) is 12.6. The SMILES string of the molecule is CCNC(=O)C(C)n1c(CCCl)nc2cc(I)ccc21. The van der Waals surface area contributed by atoms with Crippen molar-refractivity contribution in [1.29, 1.82) is 0 Å². The number of aryl methyl sites for hydroxylation is 1. The molecule has 2 rings (SSSR count). The molecule has 6 heteroatoms. The van der Waals surface area contributed by atoms with Crippen LogP contribution in [0.15, 0.2) is 18.2 Å². The minimum absolute atomic E-state index is 0.00109. The lowest BCUT2D eigenvalue weighted by molar-refractivity contribution is -0.123. The van der Waals surface area contributed by atoms with Gasteiger partial charge in [-0.2, -0.15) is 0 Å². The van der Waals surface area contributed by atoms with Gasteiger partial charge in [0.05, 0.1) is 11.0 Å². The molecule has 2 aromatic rings. The molecule has 0 aliphatic heterocycles. The lowest BCUT2D eigenvalue weighted by Gasteiger charge is -2.16. The Balaban J connectivity index is 2.53. The number of carbonyl (C=O) groups excluding carboxylic acids is 1. The van der Waals surface area contributed by atoms with Crippen LogP contribution in [0.5, 0.6) is 0 Å². The van der Waals surface area contributed by atoms with Crippen molar-refractivity contribution >= 4 is 51.1 Å². The minimum Gasteiger partial charge on any atom is -0.355 e. The van der Waals surface area contributed by atoms with Crippen molar-refractivity contribution in [3.8, 4) is 0 Å². The van der Waals surface area contributed by atoms with Gasteiger partial charge in [0, 0.05) is 22.4 Å². The predicted molar refractivity (Wildman–Crippen MR) is 90.3 cm³/mol. The molecular formula is C14H17ClIN3O. The van der Waals surface area contributed by atoms with Gasteiger partial charge in [-0.1, -0.05) is 0 Å². The van der Waals surface area contributed by atoms with Gasteiger partial charge in [-0.15, -0.1) is 11.6 Å². The number of imidazole rings is 1. The number of nitrogens with one attached hydrogen (secondary N) is 1. The molecule has 0 spiro atoms. The molecule has 1 heterocycles. The average Bonchev–Trinajstić information content (AvgIpc) is 2.75. The zero-order valence-electron chi connectivity index (χ0n) is 11.5. The maximum absolute atomic E-state index is 12.1. The fraction of sp³-hybridized carbons (Fsp3) is 0.429. The Hall–Kier alpha value is -0.820. The van der Waals surface area contributed by atoms with E-state index < -0.39 is 0 Å². The number of carbonyl (C=O) groups is 1. The Morgan fingerprint density at radius 1 is 1.55 bits per heavy atom. The summed E-state index contributed by atoms with van der Waals surface area (Å²) in [6.07, 6.45) is 0.649. The van der Waals surface area contributed by atoms with Crippen molar-refractivity contribution in [3.63, 3.8) is 0 Å². The summed E-state index contributed by atoms with van der Waals surface area (Å²) >= 11 is 8.12. The number of hydrogen-bond donors (Lipinski definition) is 1. The van der Waals surface area contributed by atoms with E-state index in [4.69, 9.17) is 11.6 Å². The number of amides is 1. The second-order valence-electron chi connectivity index (χ2n) is 4.54. The van der Waals surface area contributed by atoms with E-state index in [1.165, 1.54) is 0 Å². The highest BCUT2D eigenvalue weighted by molar-refractivity contribution is 14.1. The number of likely N-dealkylation sites (N-methyl/N-ethyl adjacent to an activating group) is 1. The molecule has 0 radical (unpaired) electrons. The van der Waals surface area contributed by atoms with E-state index in [2.05, 4.69) is 32.9 Å². The van der Waals surface area contributed by atoms with Crippen LogP contribution in [0.3, 0.4) is 0 Å². The molecule has 0 fully saturated rings. The Kier molecular flexibility index (Phi) is 5.26. The summed E-state index contributed by atoms with van der Waals surface area (Å²) in [5, 5.41) is 2.86. The Bertz CT molecular complexity index is 626. The van der Waals surface area contributed by atoms with Crippen LogP contribution >= 0.6 is 34.2 Å². The predicted octanol–water partition coefficient (Wildman–Crippen LogP) is 3.12. The van der Waals surface area contributed by atoms with Gasteiger partial charge in [0.25, 0.3) is 0 Å². The van der Waals surface area contributed by atoms with Crippen molar-refractivity contribution in [3.05, 3.63) is 27.6 Å². The van der Waals surface area contributed by atoms with Crippen LogP contribution in [0.1, 0.15) is 25.7 Å². The fourth-order valence-corrected chi connectivity index (χ4v) is 2.90. The lowest BCUT2D eigenvalue weighted by atomic mass is 10.2. The summed E-state index contributed by atoms with van der Waals surface area (Å²) in [5.74, 6) is 1.35. The minimum atomic E-state index is -0.293. The van der Waals surface area contributed by atoms with Crippen LogP contribution < -0.4 is 5.32 Å². The van der Waals surface area contributed by atoms with Crippen LogP contribution in [-0.2, 0) is 11.2 Å². The van der Waals surface area contributed by atoms with Gasteiger partial charge in [-0.25, -0.2) is 4.98 Å². The Labute approximate surface area is 137 Å². The molecule has 20 heavy (non-hydrogen) atoms. The lowest BCUT2D eigenvalue weighted by Crippen LogP contribution is -2.31. The molecule has 1 amide bonds. The number of nitrogens with zero attached hydrogens (tertiary/aromatic N) is 2. The first-order valence-electron chi connectivity index (χ1n) is 6.58. The molecule has 108 valence electrons. The van der Waals surface area contributed by atoms with E-state index in [-0.39, 0.29) is 11.9 Å². The molecule has 1 unspecified atom stereocenters. The van der Waals surface area contributed by atoms with Crippen LogP contribution in [0.4, 0.5) is 0 Å². The first-order valence-corrected chi connectivity index (χ1v) is 8.19. The molecule has 1 N–H and O–H groups in total. The number of hydrogen-bond acceptors (Lipinski definition) is 2. The van der Waals surface area contributed by atoms with Crippen molar-refractivity contribution in [1.82, 2.24) is 14.9 Å². The standard InChI is InChI=1S/C14H17ClIN3O/c1-3-17-14(20)9(2)19-12-5-4-10(16)8-11(12)18-13(19)6-7-15/h4-5,8-9H,3,6-7H2,1-2H3,(H,17,20). The second kappa shape index (κ2) is 6.76. The van der Waals surface area contributed by atoms with Crippen molar-refractivity contribution in [2.24, 2.45) is 0 Å². The van der Waals surface area contributed by atoms with E-state index in [9.17, 15) is 4.79 Å². The maximum atomic E-state index is 12.1. The van der Waals surface area contributed by atoms with E-state index >= 15 is 0 Å². The summed E-state index contributed by atoms with van der Waals surface area (Å²) in [6.45, 7) is 4.43. The number of fused-ring (bicyclic) bond motifs is 1. The molecule has 0 saturated heterocycles. The second-order valence-corrected chi connectivity index (χ2v) is 6.16. The summed E-state index contributed by atoms with van der Waals surface area (Å²) in [5.41, 5.74) is 1.89. The highest BCUT2D eigenvalue weighted by atomic mass is 127. The highest BCUT2D eigenvalue weighted by Crippen LogP contribution is 2.23. The van der Waals surface area contributed by atoms with Gasteiger partial charge in [0.15, 0.2) is 0 Å². The third kappa shape index (κ3) is 3.09. The quantitative estimate of drug-likeness (QED) is 0.614. The average molecular weight is 406 g/mol. The zero-order valence-corrected chi connectivity index (χ0v) is 14.4. The molecule has 1 atom stereocenters. The van der Waals surface area contributed by atoms with Gasteiger partial charge in [0.1, 0.15) is 11.9 Å². The van der Waals surface area contributed by atoms with Crippen molar-refractivity contribution in [2.75, 3.05) is 12.4 Å². The number of alkyl halides is 1. The number of aromatic nitrogens is 2. The van der Waals surface area contributed by atoms with Gasteiger partial charge >= 0.3 is 0 Å². The van der Waals surface area contributed by atoms with Gasteiger partial charge < -0.3 is 9.88 Å². The van der Waals surface area contributed by atoms with Crippen LogP contribution in [0, 0.1) is 3.57 Å². The molecule has 0 bridgehead atoms. The third-order valence-corrected chi connectivity index (χ3v) is 4.02. The number of benzene rings is 1. The van der Waals surface area contributed by atoms with Gasteiger partial charge in [0.2, 0.25) is 5.91 Å². The molecule has 1 aromatic carbocycles. The van der Waals surface area contributed by atoms with Crippen LogP contribution in [-0.4, -0.2) is 27.9 Å². The van der Waals surface area contributed by atoms with Gasteiger partial charge in [-0.3, -0.25) is 4.79 Å². The maximum Gasteiger partial charge on any atom is 0.242 e. The highest BCUT2D eigenvalue weighted by Gasteiger charge is 2.20. The molecule has 4 nitrogen and oxygen atoms in total. The number of rotatable bonds is 5. The summed E-state index contributed by atoms with van der Waals surface area (Å²) in [7, 11) is 0. The topological polar surface area (TPSA) is 46.9 Å². The van der Waals surface area contributed by atoms with Crippen molar-refractivity contribution < 1.29 is 4.79 Å². The Morgan fingerprint density at radius 2 is 2.30 bits per heavy atom. The summed E-state index contributed by atoms with van der Waals surface area (Å²) < 4.78 is 3.11. The fourth-order valence-electron chi connectivity index (χ4n) is 2.25. The van der Waals surface area contributed by atoms with E-state index in [1.54, 1.807) is 0 Å². The molecule has 0 saturated carbocycles. The number of halogens is 2. The third-order valence-electron chi connectivity index (χ3n) is 3.16. The summed E-state index contributed by atoms with van der Waals surface area (Å²) in [6, 6.07) is 5.76. The zero-order chi connectivity index (χ0) is 14.7. The monoisotopic (exact) mass is 405 g/mol. The van der Waals surface area contributed by atoms with E-state index in [0.717, 1.165) is 20.4 Å². The molecule has 0 aliphatic carbocycles. The van der Waals surface area contributed by atoms with Crippen LogP contribution in [0.25, 0.3) is 11.0 Å².